The Bertz CT molecular complexity index is 871. The van der Waals surface area contributed by atoms with Gasteiger partial charge in [0.25, 0.3) is 5.91 Å². The lowest BCUT2D eigenvalue weighted by Gasteiger charge is -2.05. The van der Waals surface area contributed by atoms with Crippen molar-refractivity contribution in [2.75, 3.05) is 0 Å². The Hall–Kier alpha value is -2.22. The van der Waals surface area contributed by atoms with Crippen molar-refractivity contribution in [2.45, 2.75) is 6.92 Å². The van der Waals surface area contributed by atoms with E-state index in [2.05, 4.69) is 38.1 Å². The van der Waals surface area contributed by atoms with E-state index >= 15 is 0 Å². The summed E-state index contributed by atoms with van der Waals surface area (Å²) in [6, 6.07) is 13.1. The number of hydrazone groups is 1. The molecule has 2 heterocycles. The number of halogens is 1. The van der Waals surface area contributed by atoms with Crippen molar-refractivity contribution in [3.63, 3.8) is 0 Å². The Labute approximate surface area is 140 Å². The Morgan fingerprint density at radius 3 is 2.91 bits per heavy atom. The molecule has 0 aliphatic rings. The monoisotopic (exact) mass is 405 g/mol. The van der Waals surface area contributed by atoms with Gasteiger partial charge in [-0.3, -0.25) is 9.78 Å². The SMILES string of the molecule is Cc1nc2ccccc2cc1C(=O)N/N=C/c1ccc(I)o1. The summed E-state index contributed by atoms with van der Waals surface area (Å²) in [7, 11) is 0. The number of fused-ring (bicyclic) bond motifs is 1. The molecule has 0 bridgehead atoms. The molecule has 3 rings (SSSR count). The maximum absolute atomic E-state index is 12.2. The third kappa shape index (κ3) is 3.16. The number of hydrogen-bond donors (Lipinski definition) is 1. The highest BCUT2D eigenvalue weighted by Gasteiger charge is 2.10. The van der Waals surface area contributed by atoms with Crippen LogP contribution in [0, 0.1) is 10.7 Å². The van der Waals surface area contributed by atoms with Gasteiger partial charge in [-0.1, -0.05) is 18.2 Å². The van der Waals surface area contributed by atoms with Crippen LogP contribution in [0.5, 0.6) is 0 Å². The van der Waals surface area contributed by atoms with Gasteiger partial charge in [0, 0.05) is 5.39 Å². The lowest BCUT2D eigenvalue weighted by molar-refractivity contribution is 0.0954. The van der Waals surface area contributed by atoms with Crippen molar-refractivity contribution in [1.29, 1.82) is 0 Å². The molecule has 0 spiro atoms. The third-order valence-electron chi connectivity index (χ3n) is 3.11. The summed E-state index contributed by atoms with van der Waals surface area (Å²) in [6.07, 6.45) is 1.46. The van der Waals surface area contributed by atoms with Crippen LogP contribution in [0.4, 0.5) is 0 Å². The molecule has 2 aromatic heterocycles. The number of furan rings is 1. The molecule has 0 radical (unpaired) electrons. The maximum Gasteiger partial charge on any atom is 0.273 e. The highest BCUT2D eigenvalue weighted by atomic mass is 127. The van der Waals surface area contributed by atoms with Gasteiger partial charge in [-0.2, -0.15) is 5.10 Å². The van der Waals surface area contributed by atoms with Crippen LogP contribution < -0.4 is 5.43 Å². The topological polar surface area (TPSA) is 67.5 Å². The molecule has 1 aromatic carbocycles. The minimum absolute atomic E-state index is 0.298. The first-order valence-corrected chi connectivity index (χ1v) is 7.66. The van der Waals surface area contributed by atoms with E-state index in [0.29, 0.717) is 17.0 Å². The second kappa shape index (κ2) is 6.27. The highest BCUT2D eigenvalue weighted by Crippen LogP contribution is 2.16. The van der Waals surface area contributed by atoms with Crippen molar-refractivity contribution in [3.05, 3.63) is 63.2 Å². The number of carbonyl (C=O) groups is 1. The number of amides is 1. The normalized spacial score (nSPS) is 11.2. The van der Waals surface area contributed by atoms with Gasteiger partial charge < -0.3 is 4.42 Å². The van der Waals surface area contributed by atoms with Crippen LogP contribution in [0.2, 0.25) is 0 Å². The van der Waals surface area contributed by atoms with Crippen LogP contribution >= 0.6 is 22.6 Å². The molecule has 1 N–H and O–H groups in total. The van der Waals surface area contributed by atoms with Gasteiger partial charge in [0.2, 0.25) is 0 Å². The number of benzene rings is 1. The van der Waals surface area contributed by atoms with Crippen molar-refractivity contribution in [3.8, 4) is 0 Å². The van der Waals surface area contributed by atoms with Gasteiger partial charge in [-0.05, 0) is 53.8 Å². The Morgan fingerprint density at radius 1 is 1.32 bits per heavy atom. The molecule has 0 unspecified atom stereocenters. The smallest absolute Gasteiger partial charge is 0.273 e. The molecule has 0 aliphatic heterocycles. The third-order valence-corrected chi connectivity index (χ3v) is 3.69. The van der Waals surface area contributed by atoms with Gasteiger partial charge in [0.15, 0.2) is 3.77 Å². The van der Waals surface area contributed by atoms with Gasteiger partial charge in [-0.25, -0.2) is 5.43 Å². The van der Waals surface area contributed by atoms with Crippen molar-refractivity contribution in [1.82, 2.24) is 10.4 Å². The van der Waals surface area contributed by atoms with Gasteiger partial charge >= 0.3 is 0 Å². The number of pyridine rings is 1. The molecule has 3 aromatic rings. The number of carbonyl (C=O) groups excluding carboxylic acids is 1. The van der Waals surface area contributed by atoms with Crippen molar-refractivity contribution in [2.24, 2.45) is 5.10 Å². The molecule has 110 valence electrons. The summed E-state index contributed by atoms with van der Waals surface area (Å²) < 4.78 is 6.09. The van der Waals surface area contributed by atoms with E-state index in [4.69, 9.17) is 4.42 Å². The number of aryl methyl sites for hydroxylation is 1. The highest BCUT2D eigenvalue weighted by molar-refractivity contribution is 14.1. The zero-order valence-electron chi connectivity index (χ0n) is 11.7. The number of aromatic nitrogens is 1. The summed E-state index contributed by atoms with van der Waals surface area (Å²) in [6.45, 7) is 1.81. The van der Waals surface area contributed by atoms with E-state index in [1.54, 1.807) is 13.0 Å². The lowest BCUT2D eigenvalue weighted by atomic mass is 10.1. The van der Waals surface area contributed by atoms with Gasteiger partial charge in [0.05, 0.1) is 23.0 Å². The Balaban J connectivity index is 1.80. The summed E-state index contributed by atoms with van der Waals surface area (Å²) in [5, 5.41) is 4.82. The summed E-state index contributed by atoms with van der Waals surface area (Å²) in [5.74, 6) is 0.284. The molecule has 5 nitrogen and oxygen atoms in total. The molecule has 0 saturated heterocycles. The first-order chi connectivity index (χ1) is 10.6. The first-order valence-electron chi connectivity index (χ1n) is 6.58. The van der Waals surface area contributed by atoms with Crippen LogP contribution in [0.15, 0.2) is 52.0 Å². The molecule has 0 aliphatic carbocycles. The quantitative estimate of drug-likeness (QED) is 0.412. The fourth-order valence-corrected chi connectivity index (χ4v) is 2.49. The zero-order chi connectivity index (χ0) is 15.5. The molecular formula is C16H12IN3O2. The summed E-state index contributed by atoms with van der Waals surface area (Å²) in [5.41, 5.74) is 4.53. The van der Waals surface area contributed by atoms with Gasteiger partial charge in [0.1, 0.15) is 5.76 Å². The number of nitrogens with one attached hydrogen (secondary N) is 1. The minimum Gasteiger partial charge on any atom is -0.449 e. The van der Waals surface area contributed by atoms with Crippen LogP contribution in [0.25, 0.3) is 10.9 Å². The number of rotatable bonds is 3. The van der Waals surface area contributed by atoms with Crippen LogP contribution in [-0.2, 0) is 0 Å². The molecule has 1 amide bonds. The predicted molar refractivity (Wildman–Crippen MR) is 93.0 cm³/mol. The van der Waals surface area contributed by atoms with E-state index in [-0.39, 0.29) is 5.91 Å². The average Bonchev–Trinajstić information content (AvgIpc) is 2.92. The van der Waals surface area contributed by atoms with Crippen LogP contribution in [0.1, 0.15) is 21.8 Å². The second-order valence-corrected chi connectivity index (χ2v) is 5.72. The largest absolute Gasteiger partial charge is 0.449 e. The lowest BCUT2D eigenvalue weighted by Crippen LogP contribution is -2.19. The van der Waals surface area contributed by atoms with E-state index in [1.165, 1.54) is 6.21 Å². The van der Waals surface area contributed by atoms with Crippen LogP contribution in [0.3, 0.4) is 0 Å². The first kappa shape index (κ1) is 14.7. The molecular weight excluding hydrogens is 393 g/mol. The predicted octanol–water partition coefficient (Wildman–Crippen LogP) is 3.50. The number of para-hydroxylation sites is 1. The molecule has 6 heteroatoms. The standard InChI is InChI=1S/C16H12IN3O2/c1-10-13(8-11-4-2-3-5-14(11)19-10)16(21)20-18-9-12-6-7-15(17)22-12/h2-9H,1H3,(H,20,21)/b18-9+. The average molecular weight is 405 g/mol. The van der Waals surface area contributed by atoms with E-state index in [0.717, 1.165) is 14.7 Å². The zero-order valence-corrected chi connectivity index (χ0v) is 13.9. The van der Waals surface area contributed by atoms with E-state index in [1.807, 2.05) is 36.4 Å². The van der Waals surface area contributed by atoms with Crippen molar-refractivity contribution < 1.29 is 9.21 Å². The minimum atomic E-state index is -0.298. The maximum atomic E-state index is 12.2. The number of nitrogens with zero attached hydrogens (tertiary/aromatic N) is 2. The Morgan fingerprint density at radius 2 is 2.14 bits per heavy atom. The summed E-state index contributed by atoms with van der Waals surface area (Å²) >= 11 is 2.06. The Kier molecular flexibility index (Phi) is 4.19. The second-order valence-electron chi connectivity index (χ2n) is 4.66. The van der Waals surface area contributed by atoms with E-state index < -0.39 is 0 Å². The molecule has 0 saturated carbocycles. The molecule has 0 atom stereocenters. The summed E-state index contributed by atoms with van der Waals surface area (Å²) in [4.78, 5) is 16.6. The van der Waals surface area contributed by atoms with Gasteiger partial charge in [-0.15, -0.1) is 0 Å². The fourth-order valence-electron chi connectivity index (χ4n) is 2.05. The number of hydrogen-bond acceptors (Lipinski definition) is 4. The molecule has 22 heavy (non-hydrogen) atoms. The van der Waals surface area contributed by atoms with Crippen molar-refractivity contribution >= 4 is 45.6 Å². The fraction of sp³-hybridized carbons (Fsp3) is 0.0625. The van der Waals surface area contributed by atoms with E-state index in [9.17, 15) is 4.79 Å². The van der Waals surface area contributed by atoms with Crippen LogP contribution in [-0.4, -0.2) is 17.1 Å². The molecule has 0 fully saturated rings.